The summed E-state index contributed by atoms with van der Waals surface area (Å²) in [4.78, 5) is 24.5. The number of carbonyl (C=O) groups excluding carboxylic acids is 1. The van der Waals surface area contributed by atoms with Crippen LogP contribution in [0.5, 0.6) is 0 Å². The normalized spacial score (nSPS) is 23.8. The van der Waals surface area contributed by atoms with Crippen molar-refractivity contribution >= 4 is 23.1 Å². The number of benzene rings is 1. The third-order valence-corrected chi connectivity index (χ3v) is 5.41. The van der Waals surface area contributed by atoms with Gasteiger partial charge in [0.25, 0.3) is 0 Å². The van der Waals surface area contributed by atoms with Crippen LogP contribution in [-0.2, 0) is 14.2 Å². The Balaban J connectivity index is 1.27. The van der Waals surface area contributed by atoms with Gasteiger partial charge in [0.05, 0.1) is 12.4 Å². The fourth-order valence-corrected chi connectivity index (χ4v) is 3.56. The summed E-state index contributed by atoms with van der Waals surface area (Å²) in [6, 6.07) is 9.12. The van der Waals surface area contributed by atoms with E-state index in [0.29, 0.717) is 22.5 Å². The van der Waals surface area contributed by atoms with Crippen molar-refractivity contribution in [3.8, 4) is 0 Å². The zero-order valence-electron chi connectivity index (χ0n) is 17.1. The van der Waals surface area contributed by atoms with E-state index in [4.69, 9.17) is 14.2 Å². The van der Waals surface area contributed by atoms with Crippen LogP contribution < -0.4 is 5.32 Å². The predicted molar refractivity (Wildman–Crippen MR) is 110 cm³/mol. The lowest BCUT2D eigenvalue weighted by Gasteiger charge is -2.16. The van der Waals surface area contributed by atoms with Crippen LogP contribution in [0.4, 0.5) is 10.6 Å². The zero-order valence-corrected chi connectivity index (χ0v) is 17.1. The van der Waals surface area contributed by atoms with Crippen LogP contribution in [-0.4, -0.2) is 60.8 Å². The molecule has 4 atom stereocenters. The second kappa shape index (κ2) is 8.69. The van der Waals surface area contributed by atoms with E-state index in [-0.39, 0.29) is 19.1 Å². The Morgan fingerprint density at radius 2 is 2.06 bits per heavy atom. The average molecular weight is 441 g/mol. The first-order valence-corrected chi connectivity index (χ1v) is 10.4. The molecule has 1 aliphatic carbocycles. The van der Waals surface area contributed by atoms with Crippen LogP contribution in [0.15, 0.2) is 43.0 Å². The van der Waals surface area contributed by atoms with Crippen molar-refractivity contribution in [2.45, 2.75) is 50.0 Å². The number of ether oxygens (including phenoxy) is 3. The maximum absolute atomic E-state index is 11.6. The Kier molecular flexibility index (Phi) is 5.60. The van der Waals surface area contributed by atoms with Gasteiger partial charge in [0, 0.05) is 12.0 Å². The summed E-state index contributed by atoms with van der Waals surface area (Å²) in [7, 11) is 0. The zero-order chi connectivity index (χ0) is 22.1. The van der Waals surface area contributed by atoms with Gasteiger partial charge >= 0.3 is 6.16 Å². The second-order valence-electron chi connectivity index (χ2n) is 7.81. The van der Waals surface area contributed by atoms with Gasteiger partial charge < -0.3 is 29.7 Å². The summed E-state index contributed by atoms with van der Waals surface area (Å²) in [5.74, 6) is 0.367. The largest absolute Gasteiger partial charge is 0.508 e. The van der Waals surface area contributed by atoms with E-state index in [0.717, 1.165) is 12.8 Å². The number of aliphatic hydroxyl groups excluding tert-OH is 2. The maximum atomic E-state index is 11.6. The molecule has 2 fully saturated rings. The topological polar surface area (TPSA) is 141 Å². The second-order valence-corrected chi connectivity index (χ2v) is 7.81. The molecule has 2 aliphatic rings. The van der Waals surface area contributed by atoms with Crippen LogP contribution in [0.25, 0.3) is 11.2 Å². The van der Waals surface area contributed by atoms with Crippen molar-refractivity contribution in [3.63, 3.8) is 0 Å². The van der Waals surface area contributed by atoms with Crippen molar-refractivity contribution < 1.29 is 29.2 Å². The number of anilines is 1. The fraction of sp³-hybridized carbons (Fsp3) is 0.429. The maximum Gasteiger partial charge on any atom is 0.508 e. The highest BCUT2D eigenvalue weighted by Crippen LogP contribution is 2.32. The summed E-state index contributed by atoms with van der Waals surface area (Å²) in [6.07, 6.45) is 1.05. The summed E-state index contributed by atoms with van der Waals surface area (Å²) < 4.78 is 17.7. The number of nitrogens with one attached hydrogen (secondary N) is 1. The lowest BCUT2D eigenvalue weighted by Crippen LogP contribution is -2.28. The highest BCUT2D eigenvalue weighted by atomic mass is 16.7. The Morgan fingerprint density at radius 3 is 2.84 bits per heavy atom. The smallest absolute Gasteiger partial charge is 0.431 e. The number of hydrogen-bond donors (Lipinski definition) is 3. The van der Waals surface area contributed by atoms with E-state index in [1.54, 1.807) is 23.0 Å². The Bertz CT molecular complexity index is 1090. The van der Waals surface area contributed by atoms with Crippen molar-refractivity contribution in [1.29, 1.82) is 0 Å². The van der Waals surface area contributed by atoms with Crippen molar-refractivity contribution in [1.82, 2.24) is 19.5 Å². The molecule has 1 aromatic carbocycles. The van der Waals surface area contributed by atoms with Crippen LogP contribution >= 0.6 is 0 Å². The molecule has 0 radical (unpaired) electrons. The lowest BCUT2D eigenvalue weighted by molar-refractivity contribution is -0.0574. The third-order valence-electron chi connectivity index (χ3n) is 5.41. The molecule has 5 rings (SSSR count). The molecule has 11 nitrogen and oxygen atoms in total. The van der Waals surface area contributed by atoms with Crippen molar-refractivity contribution in [3.05, 3.63) is 48.5 Å². The summed E-state index contributed by atoms with van der Waals surface area (Å²) >= 11 is 0. The number of imidazole rings is 1. The van der Waals surface area contributed by atoms with Gasteiger partial charge in [-0.05, 0) is 12.8 Å². The first kappa shape index (κ1) is 20.6. The summed E-state index contributed by atoms with van der Waals surface area (Å²) in [5.41, 5.74) is 1.62. The first-order valence-electron chi connectivity index (χ1n) is 10.4. The van der Waals surface area contributed by atoms with Gasteiger partial charge in [0.2, 0.25) is 0 Å². The van der Waals surface area contributed by atoms with E-state index in [1.165, 1.54) is 6.33 Å². The number of aromatic nitrogens is 4. The first-order chi connectivity index (χ1) is 15.6. The standard InChI is InChI=1S/C21H23N5O6/c27-14-8-16(32-15(14)9-30-21(29)31-13-6-7-13)26-11-24-17-18(22-10-23-19(17)26)25-20(28)12-4-2-1-3-5-12/h1-5,10-11,13-16,20,27-28H,6-9H2,(H,22,23,25)/t14-,15+,16+,20?/m0/s1. The highest BCUT2D eigenvalue weighted by Gasteiger charge is 2.37. The number of hydrogen-bond acceptors (Lipinski definition) is 10. The lowest BCUT2D eigenvalue weighted by atomic mass is 10.2. The number of rotatable bonds is 7. The number of carbonyl (C=O) groups is 1. The summed E-state index contributed by atoms with van der Waals surface area (Å²) in [5, 5.41) is 23.8. The molecule has 168 valence electrons. The molecule has 0 spiro atoms. The number of aliphatic hydroxyl groups is 2. The highest BCUT2D eigenvalue weighted by molar-refractivity contribution is 5.82. The predicted octanol–water partition coefficient (Wildman–Crippen LogP) is 1.89. The number of fused-ring (bicyclic) bond motifs is 1. The minimum Gasteiger partial charge on any atom is -0.431 e. The van der Waals surface area contributed by atoms with Gasteiger partial charge in [-0.1, -0.05) is 30.3 Å². The number of nitrogens with zero attached hydrogens (tertiary/aromatic N) is 4. The van der Waals surface area contributed by atoms with Gasteiger partial charge in [-0.15, -0.1) is 0 Å². The third kappa shape index (κ3) is 4.35. The van der Waals surface area contributed by atoms with Crippen molar-refractivity contribution in [2.24, 2.45) is 0 Å². The Morgan fingerprint density at radius 1 is 1.25 bits per heavy atom. The van der Waals surface area contributed by atoms with Crippen LogP contribution in [0, 0.1) is 0 Å². The molecule has 3 heterocycles. The van der Waals surface area contributed by atoms with Crippen LogP contribution in [0.2, 0.25) is 0 Å². The Hall–Kier alpha value is -3.28. The van der Waals surface area contributed by atoms with E-state index in [9.17, 15) is 15.0 Å². The molecule has 32 heavy (non-hydrogen) atoms. The van der Waals surface area contributed by atoms with Crippen LogP contribution in [0.3, 0.4) is 0 Å². The van der Waals surface area contributed by atoms with Crippen molar-refractivity contribution in [2.75, 3.05) is 11.9 Å². The van der Waals surface area contributed by atoms with Gasteiger partial charge in [0.15, 0.2) is 23.2 Å². The molecule has 1 aliphatic heterocycles. The monoisotopic (exact) mass is 441 g/mol. The van der Waals surface area contributed by atoms with Gasteiger partial charge in [0.1, 0.15) is 31.4 Å². The summed E-state index contributed by atoms with van der Waals surface area (Å²) in [6.45, 7) is -0.110. The van der Waals surface area contributed by atoms with E-state index < -0.39 is 30.8 Å². The molecule has 1 saturated heterocycles. The molecule has 3 aromatic rings. The minimum absolute atomic E-state index is 0.0510. The molecule has 11 heteroatoms. The molecular formula is C21H23N5O6. The molecular weight excluding hydrogens is 418 g/mol. The van der Waals surface area contributed by atoms with Crippen LogP contribution in [0.1, 0.15) is 37.3 Å². The Labute approximate surface area is 183 Å². The van der Waals surface area contributed by atoms with E-state index in [1.807, 2.05) is 18.2 Å². The average Bonchev–Trinajstić information content (AvgIpc) is 3.37. The minimum atomic E-state index is -0.971. The van der Waals surface area contributed by atoms with Gasteiger partial charge in [-0.25, -0.2) is 19.7 Å². The molecule has 3 N–H and O–H groups in total. The van der Waals surface area contributed by atoms with E-state index >= 15 is 0 Å². The molecule has 2 aromatic heterocycles. The fourth-order valence-electron chi connectivity index (χ4n) is 3.56. The molecule has 0 amide bonds. The SMILES string of the molecule is O=C(OC[C@H]1O[C@@H](n2cnc3c(NC(O)c4ccccc4)ncnc32)C[C@@H]1O)OC1CC1. The molecule has 1 saturated carbocycles. The molecule has 0 bridgehead atoms. The van der Waals surface area contributed by atoms with Gasteiger partial charge in [-0.3, -0.25) is 4.57 Å². The van der Waals surface area contributed by atoms with E-state index in [2.05, 4.69) is 20.3 Å². The quantitative estimate of drug-likeness (QED) is 0.368. The molecule has 1 unspecified atom stereocenters. The van der Waals surface area contributed by atoms with Gasteiger partial charge in [-0.2, -0.15) is 0 Å².